The van der Waals surface area contributed by atoms with E-state index in [1.807, 2.05) is 6.92 Å². The quantitative estimate of drug-likeness (QED) is 0.843. The molecule has 0 bridgehead atoms. The van der Waals surface area contributed by atoms with Gasteiger partial charge in [0, 0.05) is 22.7 Å². The first-order valence-corrected chi connectivity index (χ1v) is 8.27. The lowest BCUT2D eigenvalue weighted by Gasteiger charge is -2.21. The van der Waals surface area contributed by atoms with Crippen LogP contribution in [0.1, 0.15) is 26.2 Å². The molecule has 0 radical (unpaired) electrons. The Hall–Kier alpha value is -0.590. The van der Waals surface area contributed by atoms with Crippen molar-refractivity contribution in [2.24, 2.45) is 0 Å². The van der Waals surface area contributed by atoms with E-state index in [0.29, 0.717) is 21.6 Å². The standard InChI is InChI=1S/C12H17BrN2O2S/c1-2-7-15(9-3-4-9)18(16,17)10-5-6-12(14)11(13)8-10/h5-6,8-9H,2-4,7,14H2,1H3. The molecule has 0 aromatic heterocycles. The Morgan fingerprint density at radius 1 is 1.44 bits per heavy atom. The summed E-state index contributed by atoms with van der Waals surface area (Å²) in [7, 11) is -3.39. The zero-order chi connectivity index (χ0) is 13.3. The van der Waals surface area contributed by atoms with E-state index in [4.69, 9.17) is 5.73 Å². The average molecular weight is 333 g/mol. The lowest BCUT2D eigenvalue weighted by atomic mass is 10.3. The van der Waals surface area contributed by atoms with Gasteiger partial charge in [0.15, 0.2) is 0 Å². The monoisotopic (exact) mass is 332 g/mol. The number of rotatable bonds is 5. The second kappa shape index (κ2) is 5.19. The van der Waals surface area contributed by atoms with Gasteiger partial charge in [-0.1, -0.05) is 6.92 Å². The number of benzene rings is 1. The first-order chi connectivity index (χ1) is 8.46. The van der Waals surface area contributed by atoms with Crippen LogP contribution in [0.15, 0.2) is 27.6 Å². The van der Waals surface area contributed by atoms with Crippen molar-refractivity contribution in [2.45, 2.75) is 37.1 Å². The number of anilines is 1. The van der Waals surface area contributed by atoms with Gasteiger partial charge in [-0.15, -0.1) is 0 Å². The van der Waals surface area contributed by atoms with Crippen LogP contribution in [-0.2, 0) is 10.0 Å². The highest BCUT2D eigenvalue weighted by Gasteiger charge is 2.37. The molecule has 1 aromatic carbocycles. The van der Waals surface area contributed by atoms with E-state index >= 15 is 0 Å². The van der Waals surface area contributed by atoms with Gasteiger partial charge in [0.2, 0.25) is 10.0 Å². The smallest absolute Gasteiger partial charge is 0.243 e. The van der Waals surface area contributed by atoms with E-state index < -0.39 is 10.0 Å². The minimum atomic E-state index is -3.39. The average Bonchev–Trinajstić information content (AvgIpc) is 3.13. The van der Waals surface area contributed by atoms with Gasteiger partial charge in [0.05, 0.1) is 4.90 Å². The van der Waals surface area contributed by atoms with E-state index in [0.717, 1.165) is 19.3 Å². The Kier molecular flexibility index (Phi) is 3.99. The molecule has 0 saturated heterocycles. The van der Waals surface area contributed by atoms with Crippen molar-refractivity contribution in [1.82, 2.24) is 4.31 Å². The van der Waals surface area contributed by atoms with E-state index in [2.05, 4.69) is 15.9 Å². The second-order valence-electron chi connectivity index (χ2n) is 4.53. The first-order valence-electron chi connectivity index (χ1n) is 6.03. The molecule has 1 fully saturated rings. The van der Waals surface area contributed by atoms with Gasteiger partial charge in [-0.3, -0.25) is 0 Å². The van der Waals surface area contributed by atoms with Crippen LogP contribution in [0, 0.1) is 0 Å². The fourth-order valence-electron chi connectivity index (χ4n) is 1.89. The van der Waals surface area contributed by atoms with Crippen molar-refractivity contribution >= 4 is 31.6 Å². The summed E-state index contributed by atoms with van der Waals surface area (Å²) in [5, 5.41) is 0. The third-order valence-electron chi connectivity index (χ3n) is 2.98. The Morgan fingerprint density at radius 3 is 2.61 bits per heavy atom. The molecule has 0 atom stereocenters. The topological polar surface area (TPSA) is 63.4 Å². The maximum absolute atomic E-state index is 12.5. The van der Waals surface area contributed by atoms with Crippen LogP contribution in [0.4, 0.5) is 5.69 Å². The van der Waals surface area contributed by atoms with Crippen LogP contribution < -0.4 is 5.73 Å². The number of nitrogen functional groups attached to an aromatic ring is 1. The fourth-order valence-corrected chi connectivity index (χ4v) is 4.22. The number of hydrogen-bond acceptors (Lipinski definition) is 3. The largest absolute Gasteiger partial charge is 0.398 e. The summed E-state index contributed by atoms with van der Waals surface area (Å²) in [6.07, 6.45) is 2.76. The van der Waals surface area contributed by atoms with E-state index in [-0.39, 0.29) is 6.04 Å². The van der Waals surface area contributed by atoms with E-state index in [1.165, 1.54) is 0 Å². The molecule has 18 heavy (non-hydrogen) atoms. The highest BCUT2D eigenvalue weighted by Crippen LogP contribution is 2.33. The lowest BCUT2D eigenvalue weighted by molar-refractivity contribution is 0.403. The molecular formula is C12H17BrN2O2S. The maximum atomic E-state index is 12.5. The second-order valence-corrected chi connectivity index (χ2v) is 7.28. The normalized spacial score (nSPS) is 16.2. The van der Waals surface area contributed by atoms with Crippen molar-refractivity contribution in [3.05, 3.63) is 22.7 Å². The van der Waals surface area contributed by atoms with Crippen LogP contribution in [0.3, 0.4) is 0 Å². The molecule has 6 heteroatoms. The third kappa shape index (κ3) is 2.70. The number of nitrogens with zero attached hydrogens (tertiary/aromatic N) is 1. The molecule has 2 rings (SSSR count). The summed E-state index contributed by atoms with van der Waals surface area (Å²) >= 11 is 3.27. The van der Waals surface area contributed by atoms with Gasteiger partial charge in [-0.05, 0) is 53.4 Å². The zero-order valence-corrected chi connectivity index (χ0v) is 12.7. The third-order valence-corrected chi connectivity index (χ3v) is 5.61. The summed E-state index contributed by atoms with van der Waals surface area (Å²) < 4.78 is 27.3. The van der Waals surface area contributed by atoms with Gasteiger partial charge in [0.1, 0.15) is 0 Å². The molecule has 4 nitrogen and oxygen atoms in total. The molecule has 0 amide bonds. The van der Waals surface area contributed by atoms with Crippen molar-refractivity contribution < 1.29 is 8.42 Å². The maximum Gasteiger partial charge on any atom is 0.243 e. The number of halogens is 1. The molecule has 100 valence electrons. The highest BCUT2D eigenvalue weighted by molar-refractivity contribution is 9.10. The number of nitrogens with two attached hydrogens (primary N) is 1. The van der Waals surface area contributed by atoms with Crippen molar-refractivity contribution in [1.29, 1.82) is 0 Å². The SMILES string of the molecule is CCCN(C1CC1)S(=O)(=O)c1ccc(N)c(Br)c1. The Morgan fingerprint density at radius 2 is 2.11 bits per heavy atom. The highest BCUT2D eigenvalue weighted by atomic mass is 79.9. The molecule has 0 unspecified atom stereocenters. The van der Waals surface area contributed by atoms with Crippen LogP contribution in [0.25, 0.3) is 0 Å². The van der Waals surface area contributed by atoms with Crippen molar-refractivity contribution in [2.75, 3.05) is 12.3 Å². The van der Waals surface area contributed by atoms with E-state index in [1.54, 1.807) is 22.5 Å². The fraction of sp³-hybridized carbons (Fsp3) is 0.500. The van der Waals surface area contributed by atoms with Gasteiger partial charge < -0.3 is 5.73 Å². The van der Waals surface area contributed by atoms with Crippen molar-refractivity contribution in [3.63, 3.8) is 0 Å². The molecule has 1 saturated carbocycles. The van der Waals surface area contributed by atoms with Crippen LogP contribution in [0.5, 0.6) is 0 Å². The predicted molar refractivity (Wildman–Crippen MR) is 75.8 cm³/mol. The molecule has 2 N–H and O–H groups in total. The molecular weight excluding hydrogens is 316 g/mol. The molecule has 1 aliphatic carbocycles. The molecule has 1 aromatic rings. The minimum absolute atomic E-state index is 0.186. The van der Waals surface area contributed by atoms with Gasteiger partial charge in [0.25, 0.3) is 0 Å². The lowest BCUT2D eigenvalue weighted by Crippen LogP contribution is -2.33. The predicted octanol–water partition coefficient (Wildman–Crippen LogP) is 2.59. The minimum Gasteiger partial charge on any atom is -0.398 e. The molecule has 0 aliphatic heterocycles. The number of sulfonamides is 1. The summed E-state index contributed by atoms with van der Waals surface area (Å²) in [5.41, 5.74) is 6.23. The summed E-state index contributed by atoms with van der Waals surface area (Å²) in [5.74, 6) is 0. The molecule has 0 spiro atoms. The van der Waals surface area contributed by atoms with Gasteiger partial charge in [-0.2, -0.15) is 4.31 Å². The first kappa shape index (κ1) is 13.8. The van der Waals surface area contributed by atoms with Crippen LogP contribution >= 0.6 is 15.9 Å². The van der Waals surface area contributed by atoms with Gasteiger partial charge >= 0.3 is 0 Å². The molecule has 0 heterocycles. The molecule has 1 aliphatic rings. The number of hydrogen-bond donors (Lipinski definition) is 1. The van der Waals surface area contributed by atoms with Crippen molar-refractivity contribution in [3.8, 4) is 0 Å². The van der Waals surface area contributed by atoms with Gasteiger partial charge in [-0.25, -0.2) is 8.42 Å². The van der Waals surface area contributed by atoms with Crippen LogP contribution in [-0.4, -0.2) is 25.3 Å². The summed E-state index contributed by atoms with van der Waals surface area (Å²) in [6, 6.07) is 4.95. The van der Waals surface area contributed by atoms with Crippen LogP contribution in [0.2, 0.25) is 0 Å². The summed E-state index contributed by atoms with van der Waals surface area (Å²) in [4.78, 5) is 0.309. The Labute approximate surface area is 116 Å². The Bertz CT molecular complexity index is 541. The zero-order valence-electron chi connectivity index (χ0n) is 10.3. The van der Waals surface area contributed by atoms with E-state index in [9.17, 15) is 8.42 Å². The Balaban J connectivity index is 2.36. The summed E-state index contributed by atoms with van der Waals surface area (Å²) in [6.45, 7) is 2.57.